The summed E-state index contributed by atoms with van der Waals surface area (Å²) < 4.78 is 18.9. The molecule has 1 saturated heterocycles. The minimum atomic E-state index is -0.273. The number of esters is 1. The van der Waals surface area contributed by atoms with E-state index >= 15 is 0 Å². The Hall–Kier alpha value is -2.33. The summed E-state index contributed by atoms with van der Waals surface area (Å²) in [6.45, 7) is 7.75. The molecule has 2 aromatic carbocycles. The van der Waals surface area contributed by atoms with Gasteiger partial charge in [-0.3, -0.25) is 0 Å². The molecule has 0 amide bonds. The maximum atomic E-state index is 12.6. The lowest BCUT2D eigenvalue weighted by atomic mass is 9.50. The molecule has 2 aliphatic heterocycles. The van der Waals surface area contributed by atoms with E-state index in [-0.39, 0.29) is 29.0 Å². The minimum Gasteiger partial charge on any atom is -0.487 e. The molecule has 1 unspecified atom stereocenters. The first kappa shape index (κ1) is 18.7. The van der Waals surface area contributed by atoms with Gasteiger partial charge in [0, 0.05) is 16.9 Å². The van der Waals surface area contributed by atoms with Crippen LogP contribution < -0.4 is 4.74 Å². The fourth-order valence-corrected chi connectivity index (χ4v) is 6.11. The van der Waals surface area contributed by atoms with Gasteiger partial charge in [-0.05, 0) is 43.4 Å². The van der Waals surface area contributed by atoms with E-state index in [9.17, 15) is 4.79 Å². The number of rotatable bonds is 3. The van der Waals surface area contributed by atoms with E-state index in [1.54, 1.807) is 12.1 Å². The van der Waals surface area contributed by atoms with Gasteiger partial charge in [0.1, 0.15) is 11.4 Å². The van der Waals surface area contributed by atoms with Crippen LogP contribution in [0.15, 0.2) is 54.6 Å². The summed E-state index contributed by atoms with van der Waals surface area (Å²) in [5.41, 5.74) is 1.27. The van der Waals surface area contributed by atoms with Crippen molar-refractivity contribution in [1.82, 2.24) is 0 Å². The third-order valence-corrected chi connectivity index (χ3v) is 7.75. The van der Waals surface area contributed by atoms with Crippen molar-refractivity contribution in [2.75, 3.05) is 13.2 Å². The average Bonchev–Trinajstić information content (AvgIpc) is 2.72. The highest BCUT2D eigenvalue weighted by molar-refractivity contribution is 5.89. The fraction of sp³-hybridized carbons (Fsp3) is 0.480. The molecule has 6 atom stereocenters. The van der Waals surface area contributed by atoms with Gasteiger partial charge in [-0.15, -0.1) is 0 Å². The highest BCUT2D eigenvalue weighted by atomic mass is 16.5. The van der Waals surface area contributed by atoms with E-state index in [0.29, 0.717) is 30.6 Å². The second-order valence-corrected chi connectivity index (χ2v) is 9.28. The van der Waals surface area contributed by atoms with Crippen LogP contribution in [0.3, 0.4) is 0 Å². The van der Waals surface area contributed by atoms with Crippen LogP contribution in [0.4, 0.5) is 0 Å². The number of hydrogen-bond acceptors (Lipinski definition) is 4. The molecule has 2 heterocycles. The van der Waals surface area contributed by atoms with E-state index in [4.69, 9.17) is 14.2 Å². The van der Waals surface area contributed by atoms with Gasteiger partial charge in [-0.25, -0.2) is 4.79 Å². The maximum Gasteiger partial charge on any atom is 0.338 e. The zero-order valence-corrected chi connectivity index (χ0v) is 17.3. The number of fused-ring (bicyclic) bond motifs is 3. The summed E-state index contributed by atoms with van der Waals surface area (Å²) >= 11 is 0. The molecule has 1 aliphatic carbocycles. The number of hydrogen-bond donors (Lipinski definition) is 0. The summed E-state index contributed by atoms with van der Waals surface area (Å²) in [7, 11) is 0. The Morgan fingerprint density at radius 2 is 1.83 bits per heavy atom. The van der Waals surface area contributed by atoms with Gasteiger partial charge < -0.3 is 14.2 Å². The molecule has 1 saturated carbocycles. The number of carbonyl (C=O) groups is 1. The van der Waals surface area contributed by atoms with Crippen LogP contribution in [-0.4, -0.2) is 24.8 Å². The van der Waals surface area contributed by atoms with Gasteiger partial charge in [0.25, 0.3) is 0 Å². The monoisotopic (exact) mass is 392 g/mol. The number of benzene rings is 2. The molecule has 0 spiro atoms. The Bertz CT molecular complexity index is 925. The van der Waals surface area contributed by atoms with E-state index in [0.717, 1.165) is 17.7 Å². The normalized spacial score (nSPS) is 37.2. The van der Waals surface area contributed by atoms with Crippen molar-refractivity contribution < 1.29 is 19.0 Å². The molecule has 2 aromatic rings. The van der Waals surface area contributed by atoms with Crippen molar-refractivity contribution in [2.24, 2.45) is 23.2 Å². The van der Waals surface area contributed by atoms with Crippen molar-refractivity contribution >= 4 is 5.97 Å². The molecular weight excluding hydrogens is 364 g/mol. The lowest BCUT2D eigenvalue weighted by Gasteiger charge is -2.63. The molecule has 5 rings (SSSR count). The minimum absolute atomic E-state index is 0.0328. The Morgan fingerprint density at radius 3 is 2.62 bits per heavy atom. The predicted molar refractivity (Wildman–Crippen MR) is 110 cm³/mol. The van der Waals surface area contributed by atoms with E-state index < -0.39 is 0 Å². The smallest absolute Gasteiger partial charge is 0.338 e. The van der Waals surface area contributed by atoms with Crippen LogP contribution >= 0.6 is 0 Å². The Labute approximate surface area is 172 Å². The molecule has 0 aromatic heterocycles. The van der Waals surface area contributed by atoms with Crippen LogP contribution in [0, 0.1) is 23.2 Å². The SMILES string of the molecule is C[C@@H]1C[C@]2(C)Oc3ccccc3[C@H]3OCC1(COC(=O)c1ccccc1)[C@@H](C)[C@H]32. The molecule has 4 nitrogen and oxygen atoms in total. The third kappa shape index (κ3) is 2.72. The number of carbonyl (C=O) groups excluding carboxylic acids is 1. The van der Waals surface area contributed by atoms with Gasteiger partial charge in [0.15, 0.2) is 0 Å². The summed E-state index contributed by atoms with van der Waals surface area (Å²) in [5, 5.41) is 0. The van der Waals surface area contributed by atoms with Crippen LogP contribution in [0.1, 0.15) is 49.2 Å². The van der Waals surface area contributed by atoms with Gasteiger partial charge in [0.05, 0.1) is 24.9 Å². The molecule has 152 valence electrons. The zero-order chi connectivity index (χ0) is 20.2. The highest BCUT2D eigenvalue weighted by Gasteiger charge is 2.64. The van der Waals surface area contributed by atoms with Crippen LogP contribution in [0.5, 0.6) is 5.75 Å². The summed E-state index contributed by atoms with van der Waals surface area (Å²) in [6, 6.07) is 17.4. The van der Waals surface area contributed by atoms with Crippen LogP contribution in [-0.2, 0) is 9.47 Å². The summed E-state index contributed by atoms with van der Waals surface area (Å²) in [5.74, 6) is 1.54. The average molecular weight is 392 g/mol. The van der Waals surface area contributed by atoms with E-state index in [1.807, 2.05) is 36.4 Å². The van der Waals surface area contributed by atoms with Gasteiger partial charge >= 0.3 is 5.97 Å². The fourth-order valence-electron chi connectivity index (χ4n) is 6.11. The Morgan fingerprint density at radius 1 is 1.10 bits per heavy atom. The Kier molecular flexibility index (Phi) is 4.25. The topological polar surface area (TPSA) is 44.8 Å². The van der Waals surface area contributed by atoms with Crippen LogP contribution in [0.25, 0.3) is 0 Å². The van der Waals surface area contributed by atoms with Crippen molar-refractivity contribution in [3.05, 3.63) is 65.7 Å². The molecule has 2 fully saturated rings. The molecule has 4 heteroatoms. The number of para-hydroxylation sites is 1. The first-order valence-corrected chi connectivity index (χ1v) is 10.6. The lowest BCUT2D eigenvalue weighted by molar-refractivity contribution is -0.259. The first-order chi connectivity index (χ1) is 13.9. The highest BCUT2D eigenvalue weighted by Crippen LogP contribution is 2.63. The third-order valence-electron chi connectivity index (χ3n) is 7.75. The van der Waals surface area contributed by atoms with E-state index in [2.05, 4.69) is 26.8 Å². The molecule has 29 heavy (non-hydrogen) atoms. The van der Waals surface area contributed by atoms with Gasteiger partial charge in [-0.2, -0.15) is 0 Å². The van der Waals surface area contributed by atoms with Gasteiger partial charge in [0.2, 0.25) is 0 Å². The first-order valence-electron chi connectivity index (χ1n) is 10.6. The second-order valence-electron chi connectivity index (χ2n) is 9.28. The quantitative estimate of drug-likeness (QED) is 0.686. The van der Waals surface area contributed by atoms with Crippen LogP contribution in [0.2, 0.25) is 0 Å². The standard InChI is InChI=1S/C25H28O4/c1-16-13-24(3)21-17(2)25(16,15-28-23(26)18-9-5-4-6-10-18)14-27-22(21)19-11-7-8-12-20(19)29-24/h4-12,16-17,21-22H,13-15H2,1-3H3/t16-,17+,21-,22-,24+,25?/m1/s1. The van der Waals surface area contributed by atoms with Crippen molar-refractivity contribution in [1.29, 1.82) is 0 Å². The van der Waals surface area contributed by atoms with Crippen molar-refractivity contribution in [3.8, 4) is 5.75 Å². The molecule has 0 radical (unpaired) electrons. The summed E-state index contributed by atoms with van der Waals surface area (Å²) in [4.78, 5) is 12.6. The van der Waals surface area contributed by atoms with E-state index in [1.165, 1.54) is 0 Å². The molecular formula is C25H28O4. The lowest BCUT2D eigenvalue weighted by Crippen LogP contribution is -2.66. The second kappa shape index (κ2) is 6.60. The largest absolute Gasteiger partial charge is 0.487 e. The maximum absolute atomic E-state index is 12.6. The Balaban J connectivity index is 1.44. The molecule has 3 aliphatic rings. The van der Waals surface area contributed by atoms with Gasteiger partial charge in [-0.1, -0.05) is 50.2 Å². The predicted octanol–water partition coefficient (Wildman–Crippen LogP) is 5.04. The molecule has 2 bridgehead atoms. The molecule has 0 N–H and O–H groups in total. The van der Waals surface area contributed by atoms with Crippen molar-refractivity contribution in [2.45, 2.75) is 38.9 Å². The zero-order valence-electron chi connectivity index (χ0n) is 17.3. The number of ether oxygens (including phenoxy) is 3. The summed E-state index contributed by atoms with van der Waals surface area (Å²) in [6.07, 6.45) is 0.962. The van der Waals surface area contributed by atoms with Crippen molar-refractivity contribution in [3.63, 3.8) is 0 Å².